The van der Waals surface area contributed by atoms with Crippen LogP contribution in [0.25, 0.3) is 0 Å². The maximum Gasteiger partial charge on any atom is 0.262 e. The minimum absolute atomic E-state index is 0.115. The number of nitrogens with zero attached hydrogens (tertiary/aromatic N) is 1. The molecule has 1 unspecified atom stereocenters. The fraction of sp³-hybridized carbons (Fsp3) is 0.500. The Morgan fingerprint density at radius 3 is 2.46 bits per heavy atom. The number of piperidine rings is 2. The molecule has 4 rings (SSSR count). The average Bonchev–Trinajstić information content (AvgIpc) is 2.93. The predicted molar refractivity (Wildman–Crippen MR) is 102 cm³/mol. The molecule has 3 N–H and O–H groups in total. The molecule has 28 heavy (non-hydrogen) atoms. The molecule has 8 nitrogen and oxygen atoms in total. The quantitative estimate of drug-likeness (QED) is 0.666. The van der Waals surface area contributed by atoms with Gasteiger partial charge in [-0.25, -0.2) is 0 Å². The first kappa shape index (κ1) is 18.6. The van der Waals surface area contributed by atoms with Crippen LogP contribution >= 0.6 is 0 Å². The summed E-state index contributed by atoms with van der Waals surface area (Å²) in [5, 5.41) is 9.01. The molecule has 8 heteroatoms. The topological polar surface area (TPSA) is 108 Å². The van der Waals surface area contributed by atoms with Crippen molar-refractivity contribution in [3.05, 3.63) is 29.3 Å². The number of benzene rings is 1. The summed E-state index contributed by atoms with van der Waals surface area (Å²) in [6, 6.07) is 4.45. The molecule has 3 aliphatic rings. The van der Waals surface area contributed by atoms with Crippen LogP contribution in [0.5, 0.6) is 0 Å². The number of hydrogen-bond donors (Lipinski definition) is 3. The van der Waals surface area contributed by atoms with E-state index in [1.165, 1.54) is 0 Å². The van der Waals surface area contributed by atoms with E-state index in [1.807, 2.05) is 0 Å². The van der Waals surface area contributed by atoms with Crippen molar-refractivity contribution < 1.29 is 19.2 Å². The molecule has 2 fully saturated rings. The molecule has 0 bridgehead atoms. The van der Waals surface area contributed by atoms with Crippen molar-refractivity contribution in [1.29, 1.82) is 0 Å². The number of nitrogens with one attached hydrogen (secondary N) is 3. The largest absolute Gasteiger partial charge is 0.382 e. The Morgan fingerprint density at radius 1 is 1.04 bits per heavy atom. The Labute approximate surface area is 163 Å². The maximum atomic E-state index is 12.9. The number of carbonyl (C=O) groups is 4. The van der Waals surface area contributed by atoms with Gasteiger partial charge in [0.25, 0.3) is 11.8 Å². The van der Waals surface area contributed by atoms with Gasteiger partial charge < -0.3 is 10.6 Å². The molecule has 1 aromatic carbocycles. The molecular weight excluding hydrogens is 360 g/mol. The van der Waals surface area contributed by atoms with E-state index >= 15 is 0 Å². The van der Waals surface area contributed by atoms with Gasteiger partial charge in [-0.05, 0) is 63.4 Å². The summed E-state index contributed by atoms with van der Waals surface area (Å²) in [5.74, 6) is -1.38. The summed E-state index contributed by atoms with van der Waals surface area (Å²) in [6.07, 6.45) is 2.47. The SMILES string of the molecule is C[C@@H](Nc1ccc2c(c1)C(=O)N(C1CCC(=O)NC1=O)C2=O)C1CCNCC1. The summed E-state index contributed by atoms with van der Waals surface area (Å²) < 4.78 is 0. The number of imide groups is 2. The highest BCUT2D eigenvalue weighted by Crippen LogP contribution is 2.30. The van der Waals surface area contributed by atoms with Crippen LogP contribution < -0.4 is 16.0 Å². The summed E-state index contributed by atoms with van der Waals surface area (Å²) in [6.45, 7) is 4.15. The van der Waals surface area contributed by atoms with Crippen LogP contribution in [0.3, 0.4) is 0 Å². The van der Waals surface area contributed by atoms with Gasteiger partial charge in [-0.1, -0.05) is 0 Å². The molecule has 2 atom stereocenters. The van der Waals surface area contributed by atoms with Crippen molar-refractivity contribution in [2.45, 2.75) is 44.7 Å². The zero-order chi connectivity index (χ0) is 19.8. The lowest BCUT2D eigenvalue weighted by Crippen LogP contribution is -2.54. The van der Waals surface area contributed by atoms with Gasteiger partial charge in [-0.15, -0.1) is 0 Å². The van der Waals surface area contributed by atoms with Crippen LogP contribution in [0.1, 0.15) is 53.3 Å². The zero-order valence-electron chi connectivity index (χ0n) is 15.8. The summed E-state index contributed by atoms with van der Waals surface area (Å²) >= 11 is 0. The molecule has 3 heterocycles. The van der Waals surface area contributed by atoms with Gasteiger partial charge in [0.05, 0.1) is 11.1 Å². The van der Waals surface area contributed by atoms with E-state index in [-0.39, 0.29) is 24.8 Å². The number of hydrogen-bond acceptors (Lipinski definition) is 6. The lowest BCUT2D eigenvalue weighted by atomic mass is 9.91. The molecule has 1 aromatic rings. The van der Waals surface area contributed by atoms with E-state index in [1.54, 1.807) is 18.2 Å². The van der Waals surface area contributed by atoms with Crippen LogP contribution in [-0.4, -0.2) is 53.7 Å². The van der Waals surface area contributed by atoms with Crippen molar-refractivity contribution in [2.24, 2.45) is 5.92 Å². The Hall–Kier alpha value is -2.74. The second-order valence-corrected chi connectivity index (χ2v) is 7.73. The number of rotatable bonds is 4. The molecule has 0 aromatic heterocycles. The molecular formula is C20H24N4O4. The van der Waals surface area contributed by atoms with Crippen LogP contribution in [0, 0.1) is 5.92 Å². The van der Waals surface area contributed by atoms with Crippen molar-refractivity contribution in [3.8, 4) is 0 Å². The van der Waals surface area contributed by atoms with E-state index in [0.29, 0.717) is 17.0 Å². The van der Waals surface area contributed by atoms with Crippen LogP contribution in [0.4, 0.5) is 5.69 Å². The Balaban J connectivity index is 1.52. The van der Waals surface area contributed by atoms with E-state index < -0.39 is 23.8 Å². The zero-order valence-corrected chi connectivity index (χ0v) is 15.8. The van der Waals surface area contributed by atoms with Crippen LogP contribution in [0.15, 0.2) is 18.2 Å². The highest BCUT2D eigenvalue weighted by atomic mass is 16.2. The summed E-state index contributed by atoms with van der Waals surface area (Å²) in [7, 11) is 0. The number of anilines is 1. The third kappa shape index (κ3) is 3.28. The predicted octanol–water partition coefficient (Wildman–Crippen LogP) is 0.888. The first-order valence-electron chi connectivity index (χ1n) is 9.78. The molecule has 3 aliphatic heterocycles. The summed E-state index contributed by atoms with van der Waals surface area (Å²) in [5.41, 5.74) is 1.39. The first-order valence-corrected chi connectivity index (χ1v) is 9.78. The second-order valence-electron chi connectivity index (χ2n) is 7.73. The Bertz CT molecular complexity index is 847. The highest BCUT2D eigenvalue weighted by Gasteiger charge is 2.44. The van der Waals surface area contributed by atoms with Gasteiger partial charge in [0.1, 0.15) is 6.04 Å². The fourth-order valence-electron chi connectivity index (χ4n) is 4.29. The normalized spacial score (nSPS) is 24.2. The van der Waals surface area contributed by atoms with Crippen molar-refractivity contribution in [1.82, 2.24) is 15.5 Å². The highest BCUT2D eigenvalue weighted by molar-refractivity contribution is 6.23. The second kappa shape index (κ2) is 7.35. The van der Waals surface area contributed by atoms with Crippen molar-refractivity contribution in [2.75, 3.05) is 18.4 Å². The smallest absolute Gasteiger partial charge is 0.262 e. The standard InChI is InChI=1S/C20H24N4O4/c1-11(12-6-8-21-9-7-12)22-13-2-3-14-15(10-13)20(28)24(19(14)27)16-4-5-17(25)23-18(16)26/h2-3,10-12,16,21-22H,4-9H2,1H3,(H,23,25,26)/t11-,16?/m1/s1. The number of carbonyl (C=O) groups excluding carboxylic acids is 4. The first-order chi connectivity index (χ1) is 13.5. The molecule has 0 radical (unpaired) electrons. The van der Waals surface area contributed by atoms with Crippen molar-refractivity contribution >= 4 is 29.3 Å². The minimum atomic E-state index is -0.935. The van der Waals surface area contributed by atoms with Gasteiger partial charge in [-0.3, -0.25) is 29.4 Å². The molecule has 0 spiro atoms. The number of amides is 4. The lowest BCUT2D eigenvalue weighted by molar-refractivity contribution is -0.136. The van der Waals surface area contributed by atoms with Crippen LogP contribution in [0.2, 0.25) is 0 Å². The Morgan fingerprint density at radius 2 is 1.75 bits per heavy atom. The van der Waals surface area contributed by atoms with Crippen LogP contribution in [-0.2, 0) is 9.59 Å². The van der Waals surface area contributed by atoms with E-state index in [2.05, 4.69) is 22.9 Å². The van der Waals surface area contributed by atoms with Gasteiger partial charge in [0.2, 0.25) is 11.8 Å². The maximum absolute atomic E-state index is 12.9. The Kier molecular flexibility index (Phi) is 4.89. The lowest BCUT2D eigenvalue weighted by Gasteiger charge is -2.29. The molecule has 2 saturated heterocycles. The molecule has 0 aliphatic carbocycles. The monoisotopic (exact) mass is 384 g/mol. The third-order valence-corrected chi connectivity index (χ3v) is 5.93. The summed E-state index contributed by atoms with van der Waals surface area (Å²) in [4.78, 5) is 50.1. The average molecular weight is 384 g/mol. The minimum Gasteiger partial charge on any atom is -0.382 e. The van der Waals surface area contributed by atoms with Gasteiger partial charge in [0.15, 0.2) is 0 Å². The third-order valence-electron chi connectivity index (χ3n) is 5.93. The molecule has 148 valence electrons. The van der Waals surface area contributed by atoms with Crippen molar-refractivity contribution in [3.63, 3.8) is 0 Å². The van der Waals surface area contributed by atoms with Gasteiger partial charge in [0, 0.05) is 18.2 Å². The van der Waals surface area contributed by atoms with Gasteiger partial charge >= 0.3 is 0 Å². The number of fused-ring (bicyclic) bond motifs is 1. The fourth-order valence-corrected chi connectivity index (χ4v) is 4.29. The molecule has 0 saturated carbocycles. The van der Waals surface area contributed by atoms with E-state index in [4.69, 9.17) is 0 Å². The van der Waals surface area contributed by atoms with Gasteiger partial charge in [-0.2, -0.15) is 0 Å². The van der Waals surface area contributed by atoms with E-state index in [0.717, 1.165) is 36.5 Å². The van der Waals surface area contributed by atoms with E-state index in [9.17, 15) is 19.2 Å². The molecule has 4 amide bonds.